The summed E-state index contributed by atoms with van der Waals surface area (Å²) in [5.74, 6) is 1.68. The number of halogens is 1. The highest BCUT2D eigenvalue weighted by Gasteiger charge is 2.01. The third-order valence-corrected chi connectivity index (χ3v) is 3.23. The first-order chi connectivity index (χ1) is 9.81. The Balaban J connectivity index is 1.65. The Labute approximate surface area is 122 Å². The molecular weight excluding hydrogens is 272 g/mol. The van der Waals surface area contributed by atoms with Crippen LogP contribution in [-0.2, 0) is 6.61 Å². The van der Waals surface area contributed by atoms with E-state index in [1.54, 1.807) is 6.26 Å². The van der Waals surface area contributed by atoms with Gasteiger partial charge in [-0.15, -0.1) is 0 Å². The highest BCUT2D eigenvalue weighted by molar-refractivity contribution is 6.30. The minimum atomic E-state index is 0.525. The van der Waals surface area contributed by atoms with Crippen molar-refractivity contribution in [1.29, 1.82) is 0 Å². The van der Waals surface area contributed by atoms with Crippen molar-refractivity contribution in [2.75, 3.05) is 0 Å². The van der Waals surface area contributed by atoms with Crippen LogP contribution >= 0.6 is 11.6 Å². The predicted molar refractivity (Wildman–Crippen MR) is 79.9 cm³/mol. The molecule has 3 rings (SSSR count). The Morgan fingerprint density at radius 3 is 2.30 bits per heavy atom. The molecule has 0 amide bonds. The van der Waals surface area contributed by atoms with Gasteiger partial charge in [-0.1, -0.05) is 23.7 Å². The maximum Gasteiger partial charge on any atom is 0.133 e. The first-order valence-electron chi connectivity index (χ1n) is 6.32. The maximum atomic E-state index is 5.85. The van der Waals surface area contributed by atoms with Crippen LogP contribution in [0.1, 0.15) is 5.56 Å². The summed E-state index contributed by atoms with van der Waals surface area (Å²) in [4.78, 5) is 0. The molecule has 0 atom stereocenters. The van der Waals surface area contributed by atoms with Gasteiger partial charge in [0.05, 0.1) is 6.26 Å². The molecule has 100 valence electrons. The summed E-state index contributed by atoms with van der Waals surface area (Å²) in [5, 5.41) is 0.733. The lowest BCUT2D eigenvalue weighted by molar-refractivity contribution is 0.306. The van der Waals surface area contributed by atoms with Crippen LogP contribution in [0.15, 0.2) is 71.3 Å². The monoisotopic (exact) mass is 284 g/mol. The average Bonchev–Trinajstić information content (AvgIpc) is 3.01. The van der Waals surface area contributed by atoms with Gasteiger partial charge in [0, 0.05) is 10.6 Å². The van der Waals surface area contributed by atoms with Gasteiger partial charge in [-0.05, 0) is 54.1 Å². The minimum Gasteiger partial charge on any atom is -0.489 e. The molecule has 20 heavy (non-hydrogen) atoms. The van der Waals surface area contributed by atoms with Gasteiger partial charge < -0.3 is 9.15 Å². The van der Waals surface area contributed by atoms with E-state index in [-0.39, 0.29) is 0 Å². The van der Waals surface area contributed by atoms with Crippen LogP contribution in [0.2, 0.25) is 5.02 Å². The van der Waals surface area contributed by atoms with Gasteiger partial charge in [0.2, 0.25) is 0 Å². The molecule has 0 aliphatic carbocycles. The topological polar surface area (TPSA) is 22.4 Å². The molecular formula is C17H13ClO2. The first-order valence-corrected chi connectivity index (χ1v) is 6.70. The van der Waals surface area contributed by atoms with Crippen molar-refractivity contribution >= 4 is 11.6 Å². The van der Waals surface area contributed by atoms with Crippen LogP contribution in [0.4, 0.5) is 0 Å². The molecule has 2 nitrogen and oxygen atoms in total. The van der Waals surface area contributed by atoms with E-state index in [4.69, 9.17) is 20.8 Å². The lowest BCUT2D eigenvalue weighted by Crippen LogP contribution is -1.94. The first kappa shape index (κ1) is 12.8. The van der Waals surface area contributed by atoms with Crippen molar-refractivity contribution in [2.45, 2.75) is 6.61 Å². The molecule has 0 aliphatic heterocycles. The molecule has 0 spiro atoms. The molecule has 2 aromatic carbocycles. The molecule has 0 N–H and O–H groups in total. The minimum absolute atomic E-state index is 0.525. The second-order valence-corrected chi connectivity index (χ2v) is 4.85. The number of ether oxygens (including phenoxy) is 1. The van der Waals surface area contributed by atoms with Crippen molar-refractivity contribution in [3.8, 4) is 17.1 Å². The fourth-order valence-corrected chi connectivity index (χ4v) is 2.03. The number of hydrogen-bond donors (Lipinski definition) is 0. The van der Waals surface area contributed by atoms with Crippen molar-refractivity contribution in [1.82, 2.24) is 0 Å². The van der Waals surface area contributed by atoms with Gasteiger partial charge in [-0.2, -0.15) is 0 Å². The van der Waals surface area contributed by atoms with Gasteiger partial charge in [0.15, 0.2) is 0 Å². The number of benzene rings is 2. The molecule has 1 heterocycles. The predicted octanol–water partition coefficient (Wildman–Crippen LogP) is 5.18. The Kier molecular flexibility index (Phi) is 3.75. The Morgan fingerprint density at radius 1 is 0.900 bits per heavy atom. The van der Waals surface area contributed by atoms with E-state index in [0.29, 0.717) is 6.61 Å². The highest BCUT2D eigenvalue weighted by atomic mass is 35.5. The summed E-state index contributed by atoms with van der Waals surface area (Å²) in [7, 11) is 0. The average molecular weight is 285 g/mol. The van der Waals surface area contributed by atoms with E-state index in [1.165, 1.54) is 0 Å². The van der Waals surface area contributed by atoms with Crippen molar-refractivity contribution in [3.63, 3.8) is 0 Å². The zero-order valence-electron chi connectivity index (χ0n) is 10.8. The Morgan fingerprint density at radius 2 is 1.65 bits per heavy atom. The fraction of sp³-hybridized carbons (Fsp3) is 0.0588. The zero-order valence-corrected chi connectivity index (χ0v) is 11.5. The van der Waals surface area contributed by atoms with Crippen LogP contribution in [0.25, 0.3) is 11.3 Å². The van der Waals surface area contributed by atoms with E-state index >= 15 is 0 Å². The van der Waals surface area contributed by atoms with E-state index in [0.717, 1.165) is 27.7 Å². The quantitative estimate of drug-likeness (QED) is 0.659. The van der Waals surface area contributed by atoms with E-state index in [2.05, 4.69) is 0 Å². The fourth-order valence-electron chi connectivity index (χ4n) is 1.91. The second kappa shape index (κ2) is 5.85. The van der Waals surface area contributed by atoms with Crippen molar-refractivity contribution in [3.05, 3.63) is 77.5 Å². The largest absolute Gasteiger partial charge is 0.489 e. The number of hydrogen-bond acceptors (Lipinski definition) is 2. The lowest BCUT2D eigenvalue weighted by atomic mass is 10.2. The number of rotatable bonds is 4. The summed E-state index contributed by atoms with van der Waals surface area (Å²) in [6.07, 6.45) is 1.67. The Hall–Kier alpha value is -2.19. The van der Waals surface area contributed by atoms with Gasteiger partial charge in [-0.3, -0.25) is 0 Å². The van der Waals surface area contributed by atoms with E-state index in [9.17, 15) is 0 Å². The third-order valence-electron chi connectivity index (χ3n) is 2.98. The molecule has 0 fully saturated rings. The molecule has 3 heteroatoms. The second-order valence-electron chi connectivity index (χ2n) is 4.42. The Bertz CT molecular complexity index is 655. The summed E-state index contributed by atoms with van der Waals surface area (Å²) in [6, 6.07) is 19.3. The molecule has 0 saturated carbocycles. The van der Waals surface area contributed by atoms with Gasteiger partial charge in [0.1, 0.15) is 18.1 Å². The van der Waals surface area contributed by atoms with Crippen LogP contribution in [0, 0.1) is 0 Å². The normalized spacial score (nSPS) is 10.4. The van der Waals surface area contributed by atoms with Crippen LogP contribution in [-0.4, -0.2) is 0 Å². The zero-order chi connectivity index (χ0) is 13.8. The molecule has 0 unspecified atom stereocenters. The van der Waals surface area contributed by atoms with Gasteiger partial charge in [-0.25, -0.2) is 0 Å². The standard InChI is InChI=1S/C17H13ClO2/c18-15-7-3-13(4-8-15)12-20-16-9-5-14(6-10-16)17-2-1-11-19-17/h1-11H,12H2. The summed E-state index contributed by atoms with van der Waals surface area (Å²) in [6.45, 7) is 0.525. The molecule has 0 bridgehead atoms. The van der Waals surface area contributed by atoms with Gasteiger partial charge >= 0.3 is 0 Å². The maximum absolute atomic E-state index is 5.85. The molecule has 3 aromatic rings. The molecule has 0 radical (unpaired) electrons. The van der Waals surface area contributed by atoms with Crippen molar-refractivity contribution < 1.29 is 9.15 Å². The van der Waals surface area contributed by atoms with Crippen LogP contribution < -0.4 is 4.74 Å². The molecule has 0 saturated heterocycles. The summed E-state index contributed by atoms with van der Waals surface area (Å²) in [5.41, 5.74) is 2.12. The van der Waals surface area contributed by atoms with Crippen LogP contribution in [0.5, 0.6) is 5.75 Å². The smallest absolute Gasteiger partial charge is 0.133 e. The summed E-state index contributed by atoms with van der Waals surface area (Å²) >= 11 is 5.85. The SMILES string of the molecule is Clc1ccc(COc2ccc(-c3ccco3)cc2)cc1. The molecule has 1 aromatic heterocycles. The molecule has 0 aliphatic rings. The van der Waals surface area contributed by atoms with Crippen LogP contribution in [0.3, 0.4) is 0 Å². The van der Waals surface area contributed by atoms with Crippen molar-refractivity contribution in [2.24, 2.45) is 0 Å². The lowest BCUT2D eigenvalue weighted by Gasteiger charge is -2.07. The van der Waals surface area contributed by atoms with E-state index < -0.39 is 0 Å². The van der Waals surface area contributed by atoms with E-state index in [1.807, 2.05) is 60.7 Å². The van der Waals surface area contributed by atoms with Gasteiger partial charge in [0.25, 0.3) is 0 Å². The number of furan rings is 1. The highest BCUT2D eigenvalue weighted by Crippen LogP contribution is 2.23. The summed E-state index contributed by atoms with van der Waals surface area (Å²) < 4.78 is 11.1. The third kappa shape index (κ3) is 3.03.